The first-order valence-corrected chi connectivity index (χ1v) is 9.72. The lowest BCUT2D eigenvalue weighted by molar-refractivity contribution is 0.0998. The second-order valence-corrected chi connectivity index (χ2v) is 7.48. The molecule has 8 heteroatoms. The molecule has 4 N–H and O–H groups in total. The lowest BCUT2D eigenvalue weighted by atomic mass is 10.2. The maximum absolute atomic E-state index is 13.4. The zero-order valence-corrected chi connectivity index (χ0v) is 17.0. The van der Waals surface area contributed by atoms with Crippen molar-refractivity contribution in [3.63, 3.8) is 0 Å². The Hall–Kier alpha value is -3.22. The van der Waals surface area contributed by atoms with Gasteiger partial charge in [-0.25, -0.2) is 4.39 Å². The Labute approximate surface area is 181 Å². The first kappa shape index (κ1) is 20.1. The zero-order valence-electron chi connectivity index (χ0n) is 15.5. The Morgan fingerprint density at radius 1 is 1.03 bits per heavy atom. The molecule has 0 spiro atoms. The van der Waals surface area contributed by atoms with E-state index in [1.165, 1.54) is 12.1 Å². The molecule has 5 nitrogen and oxygen atoms in total. The molecule has 0 unspecified atom stereocenters. The maximum Gasteiger partial charge on any atom is 0.291 e. The van der Waals surface area contributed by atoms with Crippen molar-refractivity contribution in [1.29, 1.82) is 0 Å². The maximum atomic E-state index is 13.4. The highest BCUT2D eigenvalue weighted by molar-refractivity contribution is 6.35. The Bertz CT molecular complexity index is 1260. The molecular formula is C22H16Cl2FN3O2. The van der Waals surface area contributed by atoms with Crippen molar-refractivity contribution in [2.45, 2.75) is 6.54 Å². The highest BCUT2D eigenvalue weighted by Gasteiger charge is 2.14. The Morgan fingerprint density at radius 3 is 2.67 bits per heavy atom. The van der Waals surface area contributed by atoms with E-state index >= 15 is 0 Å². The first-order valence-electron chi connectivity index (χ1n) is 8.97. The van der Waals surface area contributed by atoms with Crippen LogP contribution >= 0.6 is 23.2 Å². The van der Waals surface area contributed by atoms with Crippen molar-refractivity contribution in [2.75, 3.05) is 16.4 Å². The minimum atomic E-state index is -0.522. The Morgan fingerprint density at radius 2 is 1.87 bits per heavy atom. The smallest absolute Gasteiger partial charge is 0.291 e. The van der Waals surface area contributed by atoms with Gasteiger partial charge >= 0.3 is 0 Å². The van der Waals surface area contributed by atoms with E-state index in [4.69, 9.17) is 33.4 Å². The number of nitrogen functional groups attached to an aromatic ring is 1. The van der Waals surface area contributed by atoms with Gasteiger partial charge in [0.25, 0.3) is 5.91 Å². The summed E-state index contributed by atoms with van der Waals surface area (Å²) in [5.74, 6) is -0.932. The number of halogens is 3. The number of nitrogens with one attached hydrogen (secondary N) is 2. The number of hydrogen-bond acceptors (Lipinski definition) is 4. The molecule has 0 atom stereocenters. The van der Waals surface area contributed by atoms with Crippen LogP contribution in [-0.4, -0.2) is 5.91 Å². The Kier molecular flexibility index (Phi) is 5.53. The van der Waals surface area contributed by atoms with Gasteiger partial charge in [-0.15, -0.1) is 0 Å². The molecule has 0 aliphatic carbocycles. The normalized spacial score (nSPS) is 10.9. The summed E-state index contributed by atoms with van der Waals surface area (Å²) < 4.78 is 19.0. The first-order chi connectivity index (χ1) is 14.4. The number of carbonyl (C=O) groups excluding carboxylic acids is 1. The third kappa shape index (κ3) is 4.35. The summed E-state index contributed by atoms with van der Waals surface area (Å²) in [6, 6.07) is 16.1. The van der Waals surface area contributed by atoms with Gasteiger partial charge in [0.05, 0.1) is 11.4 Å². The number of anilines is 3. The summed E-state index contributed by atoms with van der Waals surface area (Å²) in [4.78, 5) is 12.5. The average Bonchev–Trinajstić information content (AvgIpc) is 3.14. The van der Waals surface area contributed by atoms with Crippen LogP contribution in [-0.2, 0) is 6.54 Å². The molecule has 0 radical (unpaired) electrons. The predicted molar refractivity (Wildman–Crippen MR) is 119 cm³/mol. The fourth-order valence-corrected chi connectivity index (χ4v) is 3.42. The van der Waals surface area contributed by atoms with Crippen LogP contribution in [0.15, 0.2) is 65.1 Å². The number of carbonyl (C=O) groups is 1. The number of rotatable bonds is 5. The third-order valence-corrected chi connectivity index (χ3v) is 5.09. The van der Waals surface area contributed by atoms with Gasteiger partial charge in [-0.3, -0.25) is 4.79 Å². The molecule has 0 bridgehead atoms. The van der Waals surface area contributed by atoms with E-state index in [1.807, 2.05) is 18.2 Å². The van der Waals surface area contributed by atoms with Gasteiger partial charge in [0.1, 0.15) is 11.4 Å². The van der Waals surface area contributed by atoms with Gasteiger partial charge in [-0.05, 0) is 60.2 Å². The SMILES string of the molecule is Nc1ccc(F)cc1NC(=O)c1cc2cc(NCc3ccc(Cl)cc3Cl)ccc2o1. The van der Waals surface area contributed by atoms with Crippen molar-refractivity contribution in [3.8, 4) is 0 Å². The molecule has 152 valence electrons. The van der Waals surface area contributed by atoms with Gasteiger partial charge in [0.2, 0.25) is 0 Å². The molecule has 3 aromatic carbocycles. The summed E-state index contributed by atoms with van der Waals surface area (Å²) in [6.45, 7) is 0.506. The summed E-state index contributed by atoms with van der Waals surface area (Å²) in [5, 5.41) is 7.73. The van der Waals surface area contributed by atoms with E-state index in [0.717, 1.165) is 22.7 Å². The number of fused-ring (bicyclic) bond motifs is 1. The standard InChI is InChI=1S/C22H16Cl2FN3O2/c23-14-2-1-12(17(24)9-14)11-27-16-4-6-20-13(7-16)8-21(30-20)22(29)28-19-10-15(25)3-5-18(19)26/h1-10,27H,11,26H2,(H,28,29). The van der Waals surface area contributed by atoms with E-state index in [0.29, 0.717) is 22.2 Å². The van der Waals surface area contributed by atoms with Crippen molar-refractivity contribution < 1.29 is 13.6 Å². The third-order valence-electron chi connectivity index (χ3n) is 4.50. The topological polar surface area (TPSA) is 80.3 Å². The van der Waals surface area contributed by atoms with Crippen molar-refractivity contribution in [1.82, 2.24) is 0 Å². The van der Waals surface area contributed by atoms with Crippen LogP contribution in [0.2, 0.25) is 10.0 Å². The van der Waals surface area contributed by atoms with Gasteiger partial charge in [-0.2, -0.15) is 0 Å². The van der Waals surface area contributed by atoms with E-state index in [9.17, 15) is 9.18 Å². The number of furan rings is 1. The fraction of sp³-hybridized carbons (Fsp3) is 0.0455. The molecule has 1 amide bonds. The van der Waals surface area contributed by atoms with Gasteiger partial charge < -0.3 is 20.8 Å². The molecule has 0 saturated heterocycles. The van der Waals surface area contributed by atoms with Gasteiger partial charge in [0.15, 0.2) is 5.76 Å². The quantitative estimate of drug-likeness (QED) is 0.315. The minimum Gasteiger partial charge on any atom is -0.451 e. The summed E-state index contributed by atoms with van der Waals surface area (Å²) in [7, 11) is 0. The van der Waals surface area contributed by atoms with E-state index in [-0.39, 0.29) is 17.1 Å². The van der Waals surface area contributed by atoms with Crippen LogP contribution in [0.3, 0.4) is 0 Å². The Balaban J connectivity index is 1.50. The molecule has 4 rings (SSSR count). The number of nitrogens with two attached hydrogens (primary N) is 1. The number of hydrogen-bond donors (Lipinski definition) is 3. The highest BCUT2D eigenvalue weighted by Crippen LogP contribution is 2.27. The molecule has 1 heterocycles. The van der Waals surface area contributed by atoms with Crippen molar-refractivity contribution in [2.24, 2.45) is 0 Å². The highest BCUT2D eigenvalue weighted by atomic mass is 35.5. The average molecular weight is 444 g/mol. The van der Waals surface area contributed by atoms with E-state index < -0.39 is 11.7 Å². The molecule has 30 heavy (non-hydrogen) atoms. The lowest BCUT2D eigenvalue weighted by Gasteiger charge is -2.08. The summed E-state index contributed by atoms with van der Waals surface area (Å²) in [5.41, 5.74) is 8.49. The van der Waals surface area contributed by atoms with Crippen LogP contribution in [0.25, 0.3) is 11.0 Å². The van der Waals surface area contributed by atoms with Gasteiger partial charge in [0, 0.05) is 27.7 Å². The zero-order chi connectivity index (χ0) is 21.3. The second-order valence-electron chi connectivity index (χ2n) is 6.64. The van der Waals surface area contributed by atoms with Crippen molar-refractivity contribution >= 4 is 57.1 Å². The molecule has 0 aliphatic heterocycles. The van der Waals surface area contributed by atoms with Crippen LogP contribution in [0.5, 0.6) is 0 Å². The van der Waals surface area contributed by atoms with Crippen LogP contribution in [0, 0.1) is 5.82 Å². The minimum absolute atomic E-state index is 0.0894. The van der Waals surface area contributed by atoms with Crippen LogP contribution in [0.4, 0.5) is 21.5 Å². The largest absolute Gasteiger partial charge is 0.451 e. The van der Waals surface area contributed by atoms with E-state index in [1.54, 1.807) is 24.3 Å². The fourth-order valence-electron chi connectivity index (χ4n) is 2.95. The number of amides is 1. The summed E-state index contributed by atoms with van der Waals surface area (Å²) >= 11 is 12.1. The molecule has 1 aromatic heterocycles. The predicted octanol–water partition coefficient (Wildman–Crippen LogP) is 6.33. The molecule has 4 aromatic rings. The van der Waals surface area contributed by atoms with Crippen molar-refractivity contribution in [3.05, 3.63) is 87.8 Å². The van der Waals surface area contributed by atoms with Crippen LogP contribution in [0.1, 0.15) is 16.1 Å². The second kappa shape index (κ2) is 8.26. The van der Waals surface area contributed by atoms with E-state index in [2.05, 4.69) is 10.6 Å². The molecule has 0 saturated carbocycles. The molecular weight excluding hydrogens is 428 g/mol. The molecule has 0 fully saturated rings. The number of benzene rings is 3. The monoisotopic (exact) mass is 443 g/mol. The lowest BCUT2D eigenvalue weighted by Crippen LogP contribution is -2.12. The molecule has 0 aliphatic rings. The summed E-state index contributed by atoms with van der Waals surface area (Å²) in [6.07, 6.45) is 0. The van der Waals surface area contributed by atoms with Gasteiger partial charge in [-0.1, -0.05) is 29.3 Å². The van der Waals surface area contributed by atoms with Crippen LogP contribution < -0.4 is 16.4 Å².